The second-order valence-corrected chi connectivity index (χ2v) is 8.33. The van der Waals surface area contributed by atoms with Gasteiger partial charge >= 0.3 is 10.3 Å². The Labute approximate surface area is 143 Å². The maximum atomic E-state index is 3.71. The molecule has 0 aliphatic carbocycles. The Morgan fingerprint density at radius 1 is 1.32 bits per heavy atom. The molecule has 0 saturated carbocycles. The van der Waals surface area contributed by atoms with Crippen LogP contribution in [0.3, 0.4) is 0 Å². The predicted molar refractivity (Wildman–Crippen MR) is 85.2 cm³/mol. The van der Waals surface area contributed by atoms with E-state index in [1.807, 2.05) is 32.4 Å². The van der Waals surface area contributed by atoms with Crippen LogP contribution in [0.4, 0.5) is 5.69 Å². The van der Waals surface area contributed by atoms with Gasteiger partial charge in [0.1, 0.15) is 4.88 Å². The number of aryl methyl sites for hydroxylation is 1. The number of para-hydroxylation sites is 1. The van der Waals surface area contributed by atoms with Gasteiger partial charge in [-0.05, 0) is 32.6 Å². The quantitative estimate of drug-likeness (QED) is 0.329. The molecule has 0 atom stereocenters. The second-order valence-electron chi connectivity index (χ2n) is 5.11. The average Bonchev–Trinajstić information content (AvgIpc) is 2.75. The number of nitrogens with one attached hydrogen (secondary N) is 1. The summed E-state index contributed by atoms with van der Waals surface area (Å²) in [7, 11) is 3.81. The SMILES string of the molecule is CSc1[s+]sc2c1-c1cccc(C)c1NC2(C)C.[I-]. The summed E-state index contributed by atoms with van der Waals surface area (Å²) in [5, 5.41) is 3.71. The van der Waals surface area contributed by atoms with Crippen LogP contribution < -0.4 is 29.3 Å². The Bertz CT molecular complexity index is 619. The highest BCUT2D eigenvalue weighted by molar-refractivity contribution is 8.02. The normalized spacial score (nSPS) is 14.9. The van der Waals surface area contributed by atoms with Crippen molar-refractivity contribution in [2.45, 2.75) is 30.5 Å². The molecule has 0 amide bonds. The van der Waals surface area contributed by atoms with E-state index in [-0.39, 0.29) is 29.5 Å². The summed E-state index contributed by atoms with van der Waals surface area (Å²) in [5.74, 6) is 0. The first-order chi connectivity index (χ1) is 8.54. The van der Waals surface area contributed by atoms with Crippen molar-refractivity contribution in [2.75, 3.05) is 11.6 Å². The predicted octanol–water partition coefficient (Wildman–Crippen LogP) is 2.45. The molecular weight excluding hydrogens is 405 g/mol. The van der Waals surface area contributed by atoms with Crippen molar-refractivity contribution in [3.8, 4) is 11.1 Å². The molecule has 0 fully saturated rings. The van der Waals surface area contributed by atoms with E-state index in [1.54, 1.807) is 0 Å². The third-order valence-corrected chi connectivity index (χ3v) is 7.58. The molecule has 1 aliphatic heterocycles. The number of thioether (sulfide) groups is 1. The molecule has 19 heavy (non-hydrogen) atoms. The van der Waals surface area contributed by atoms with Gasteiger partial charge in [0.2, 0.25) is 0 Å². The molecule has 5 heteroatoms. The van der Waals surface area contributed by atoms with Crippen molar-refractivity contribution in [1.29, 1.82) is 0 Å². The zero-order valence-electron chi connectivity index (χ0n) is 11.3. The van der Waals surface area contributed by atoms with Crippen LogP contribution in [0.15, 0.2) is 22.4 Å². The molecule has 3 rings (SSSR count). The number of anilines is 1. The molecule has 1 N–H and O–H groups in total. The van der Waals surface area contributed by atoms with Gasteiger partial charge in [-0.2, -0.15) is 0 Å². The first-order valence-corrected chi connectivity index (χ1v) is 9.31. The van der Waals surface area contributed by atoms with Crippen molar-refractivity contribution in [3.05, 3.63) is 28.6 Å². The van der Waals surface area contributed by atoms with Gasteiger partial charge in [-0.1, -0.05) is 30.0 Å². The van der Waals surface area contributed by atoms with Crippen LogP contribution >= 0.6 is 32.4 Å². The largest absolute Gasteiger partial charge is 1.00 e. The van der Waals surface area contributed by atoms with Crippen LogP contribution in [0, 0.1) is 6.92 Å². The lowest BCUT2D eigenvalue weighted by atomic mass is 9.88. The maximum absolute atomic E-state index is 3.71. The minimum absolute atomic E-state index is 0. The van der Waals surface area contributed by atoms with Crippen molar-refractivity contribution in [1.82, 2.24) is 0 Å². The van der Waals surface area contributed by atoms with Crippen molar-refractivity contribution in [3.63, 3.8) is 0 Å². The number of hydrogen-bond donors (Lipinski definition) is 1. The minimum Gasteiger partial charge on any atom is -1.00 e. The Kier molecular flexibility index (Phi) is 4.50. The topological polar surface area (TPSA) is 12.0 Å². The molecular formula is C14H16INS3. The average molecular weight is 421 g/mol. The van der Waals surface area contributed by atoms with Gasteiger partial charge in [0.15, 0.2) is 10.3 Å². The fraction of sp³-hybridized carbons (Fsp3) is 0.357. The summed E-state index contributed by atoms with van der Waals surface area (Å²) < 4.78 is 1.44. The van der Waals surface area contributed by atoms with Crippen molar-refractivity contribution in [2.24, 2.45) is 0 Å². The van der Waals surface area contributed by atoms with Crippen LogP contribution in [-0.2, 0) is 5.54 Å². The molecule has 1 aromatic heterocycles. The lowest BCUT2D eigenvalue weighted by molar-refractivity contribution is -0.00000379. The van der Waals surface area contributed by atoms with Gasteiger partial charge in [0, 0.05) is 11.3 Å². The Balaban J connectivity index is 0.00000133. The van der Waals surface area contributed by atoms with E-state index in [0.29, 0.717) is 0 Å². The van der Waals surface area contributed by atoms with Gasteiger partial charge in [-0.15, -0.1) is 0 Å². The van der Waals surface area contributed by atoms with Gasteiger partial charge < -0.3 is 29.3 Å². The minimum atomic E-state index is 0. The van der Waals surface area contributed by atoms with E-state index in [4.69, 9.17) is 0 Å². The van der Waals surface area contributed by atoms with Gasteiger partial charge in [-0.25, -0.2) is 0 Å². The molecule has 0 radical (unpaired) electrons. The Hall–Kier alpha value is 0.150. The third kappa shape index (κ3) is 2.43. The number of rotatable bonds is 1. The van der Waals surface area contributed by atoms with E-state index in [2.05, 4.69) is 50.5 Å². The van der Waals surface area contributed by atoms with Crippen molar-refractivity contribution >= 4 is 38.1 Å². The van der Waals surface area contributed by atoms with E-state index in [0.717, 1.165) is 0 Å². The summed E-state index contributed by atoms with van der Waals surface area (Å²) in [6, 6.07) is 6.58. The molecule has 2 heterocycles. The van der Waals surface area contributed by atoms with Gasteiger partial charge in [-0.3, -0.25) is 0 Å². The Morgan fingerprint density at radius 2 is 2.05 bits per heavy atom. The lowest BCUT2D eigenvalue weighted by Gasteiger charge is -2.33. The van der Waals surface area contributed by atoms with Crippen molar-refractivity contribution < 1.29 is 24.0 Å². The summed E-state index contributed by atoms with van der Waals surface area (Å²) >= 11 is 1.86. The second kappa shape index (κ2) is 5.50. The number of benzene rings is 1. The molecule has 2 aromatic rings. The number of halogens is 1. The summed E-state index contributed by atoms with van der Waals surface area (Å²) in [5.41, 5.74) is 5.49. The molecule has 1 nitrogen and oxygen atoms in total. The smallest absolute Gasteiger partial charge is 0.308 e. The van der Waals surface area contributed by atoms with Gasteiger partial charge in [0.25, 0.3) is 4.21 Å². The van der Waals surface area contributed by atoms with Crippen LogP contribution in [0.2, 0.25) is 0 Å². The first kappa shape index (κ1) is 15.5. The van der Waals surface area contributed by atoms with E-state index >= 15 is 0 Å². The lowest BCUT2D eigenvalue weighted by Crippen LogP contribution is -3.00. The first-order valence-electron chi connectivity index (χ1n) is 5.93. The fourth-order valence-corrected chi connectivity index (χ4v) is 6.80. The van der Waals surface area contributed by atoms with E-state index < -0.39 is 0 Å². The summed E-state index contributed by atoms with van der Waals surface area (Å²) in [6.45, 7) is 6.73. The highest BCUT2D eigenvalue weighted by Crippen LogP contribution is 2.53. The molecule has 0 bridgehead atoms. The van der Waals surface area contributed by atoms with Crippen LogP contribution in [0.1, 0.15) is 24.3 Å². The van der Waals surface area contributed by atoms with Gasteiger partial charge in [0.05, 0.1) is 11.1 Å². The Morgan fingerprint density at radius 3 is 2.74 bits per heavy atom. The standard InChI is InChI=1S/C14H16NS3.HI/c1-8-6-5-7-9-10-12(17-18-13(10)16-4)14(2,3)15-11(8)9;/h5-7,15H,1-4H3;1H/q+1;/p-1. The molecule has 1 aromatic carbocycles. The summed E-state index contributed by atoms with van der Waals surface area (Å²) in [6.07, 6.45) is 2.17. The van der Waals surface area contributed by atoms with Crippen LogP contribution in [-0.4, -0.2) is 6.26 Å². The number of fused-ring (bicyclic) bond motifs is 3. The highest BCUT2D eigenvalue weighted by atomic mass is 127. The summed E-state index contributed by atoms with van der Waals surface area (Å²) in [4.78, 5) is 1.47. The van der Waals surface area contributed by atoms with Crippen LogP contribution in [0.5, 0.6) is 0 Å². The molecule has 102 valence electrons. The monoisotopic (exact) mass is 421 g/mol. The van der Waals surface area contributed by atoms with E-state index in [1.165, 1.54) is 31.5 Å². The highest BCUT2D eigenvalue weighted by Gasteiger charge is 2.39. The molecule has 0 unspecified atom stereocenters. The number of hydrogen-bond acceptors (Lipinski definition) is 3. The third-order valence-electron chi connectivity index (χ3n) is 3.36. The zero-order chi connectivity index (χ0) is 12.9. The van der Waals surface area contributed by atoms with Crippen LogP contribution in [0.25, 0.3) is 11.1 Å². The zero-order valence-corrected chi connectivity index (χ0v) is 15.9. The molecule has 1 aliphatic rings. The molecule has 0 spiro atoms. The molecule has 0 saturated heterocycles. The fourth-order valence-electron chi connectivity index (χ4n) is 2.45. The van der Waals surface area contributed by atoms with E-state index in [9.17, 15) is 0 Å². The maximum Gasteiger partial charge on any atom is 0.308 e.